The number of carboxylic acid groups (broad SMARTS) is 1. The summed E-state index contributed by atoms with van der Waals surface area (Å²) in [6, 6.07) is 8.99. The molecule has 19 heavy (non-hydrogen) atoms. The molecule has 0 aliphatic carbocycles. The van der Waals surface area contributed by atoms with Crippen LogP contribution in [0.15, 0.2) is 30.3 Å². The lowest BCUT2D eigenvalue weighted by molar-refractivity contribution is -0.142. The summed E-state index contributed by atoms with van der Waals surface area (Å²) >= 11 is 0. The third-order valence-corrected chi connectivity index (χ3v) is 2.17. The summed E-state index contributed by atoms with van der Waals surface area (Å²) in [5, 5.41) is 10.9. The van der Waals surface area contributed by atoms with Crippen LogP contribution >= 0.6 is 0 Å². The van der Waals surface area contributed by atoms with Gasteiger partial charge in [0.2, 0.25) is 0 Å². The number of carbonyl (C=O) groups is 2. The van der Waals surface area contributed by atoms with E-state index in [4.69, 9.17) is 14.6 Å². The number of rotatable bonds is 7. The summed E-state index contributed by atoms with van der Waals surface area (Å²) in [4.78, 5) is 21.6. The van der Waals surface area contributed by atoms with Gasteiger partial charge in [-0.1, -0.05) is 30.3 Å². The van der Waals surface area contributed by atoms with Crippen LogP contribution in [-0.4, -0.2) is 36.4 Å². The summed E-state index contributed by atoms with van der Waals surface area (Å²) < 4.78 is 9.85. The number of alkyl carbamates (subject to hydrolysis) is 1. The van der Waals surface area contributed by atoms with Crippen molar-refractivity contribution in [3.8, 4) is 0 Å². The third kappa shape index (κ3) is 7.05. The monoisotopic (exact) mass is 267 g/mol. The van der Waals surface area contributed by atoms with Crippen molar-refractivity contribution >= 4 is 12.1 Å². The van der Waals surface area contributed by atoms with Crippen LogP contribution in [0.2, 0.25) is 0 Å². The molecule has 1 aromatic rings. The van der Waals surface area contributed by atoms with Gasteiger partial charge in [-0.15, -0.1) is 0 Å². The largest absolute Gasteiger partial charge is 0.480 e. The van der Waals surface area contributed by atoms with Crippen molar-refractivity contribution in [2.45, 2.75) is 19.6 Å². The van der Waals surface area contributed by atoms with Crippen LogP contribution in [0.1, 0.15) is 12.5 Å². The summed E-state index contributed by atoms with van der Waals surface area (Å²) in [6.45, 7) is 1.62. The number of hydrogen-bond acceptors (Lipinski definition) is 4. The number of carboxylic acids is 1. The second-order valence-electron chi connectivity index (χ2n) is 4.02. The first-order chi connectivity index (χ1) is 9.08. The molecule has 0 aromatic heterocycles. The predicted molar refractivity (Wildman–Crippen MR) is 67.7 cm³/mol. The Morgan fingerprint density at radius 3 is 2.63 bits per heavy atom. The van der Waals surface area contributed by atoms with Gasteiger partial charge in [-0.3, -0.25) is 0 Å². The Balaban J connectivity index is 2.18. The molecule has 0 spiro atoms. The van der Waals surface area contributed by atoms with Gasteiger partial charge in [-0.05, 0) is 12.5 Å². The Morgan fingerprint density at radius 2 is 2.00 bits per heavy atom. The van der Waals surface area contributed by atoms with Crippen LogP contribution in [0.4, 0.5) is 4.79 Å². The molecule has 0 radical (unpaired) electrons. The van der Waals surface area contributed by atoms with E-state index < -0.39 is 12.1 Å². The smallest absolute Gasteiger partial charge is 0.407 e. The zero-order valence-corrected chi connectivity index (χ0v) is 10.7. The van der Waals surface area contributed by atoms with Gasteiger partial charge < -0.3 is 19.9 Å². The number of nitrogens with one attached hydrogen (secondary N) is 1. The molecular weight excluding hydrogens is 250 g/mol. The Kier molecular flexibility index (Phi) is 6.38. The second-order valence-corrected chi connectivity index (χ2v) is 4.02. The van der Waals surface area contributed by atoms with Crippen LogP contribution in [0, 0.1) is 0 Å². The zero-order valence-electron chi connectivity index (χ0n) is 10.7. The van der Waals surface area contributed by atoms with E-state index in [1.807, 2.05) is 30.3 Å². The molecule has 6 nitrogen and oxygen atoms in total. The van der Waals surface area contributed by atoms with Crippen molar-refractivity contribution < 1.29 is 24.2 Å². The van der Waals surface area contributed by atoms with E-state index in [0.29, 0.717) is 0 Å². The van der Waals surface area contributed by atoms with Gasteiger partial charge in [-0.25, -0.2) is 9.59 Å². The van der Waals surface area contributed by atoms with Gasteiger partial charge in [0.25, 0.3) is 0 Å². The number of benzene rings is 1. The minimum atomic E-state index is -1.04. The highest BCUT2D eigenvalue weighted by atomic mass is 16.5. The SMILES string of the molecule is CC(COCC(=O)O)NC(=O)OCc1ccccc1. The van der Waals surface area contributed by atoms with Gasteiger partial charge in [0.15, 0.2) is 0 Å². The zero-order chi connectivity index (χ0) is 14.1. The van der Waals surface area contributed by atoms with E-state index in [9.17, 15) is 9.59 Å². The number of carbonyl (C=O) groups excluding carboxylic acids is 1. The Bertz CT molecular complexity index is 407. The Labute approximate surface area is 111 Å². The molecule has 0 saturated carbocycles. The molecule has 1 atom stereocenters. The number of aliphatic carboxylic acids is 1. The minimum Gasteiger partial charge on any atom is -0.480 e. The quantitative estimate of drug-likeness (QED) is 0.780. The molecule has 0 bridgehead atoms. The van der Waals surface area contributed by atoms with E-state index in [2.05, 4.69) is 5.32 Å². The molecule has 0 heterocycles. The van der Waals surface area contributed by atoms with E-state index in [-0.39, 0.29) is 25.9 Å². The first kappa shape index (κ1) is 15.0. The van der Waals surface area contributed by atoms with Crippen molar-refractivity contribution in [2.24, 2.45) is 0 Å². The van der Waals surface area contributed by atoms with E-state index in [1.54, 1.807) is 6.92 Å². The van der Waals surface area contributed by atoms with E-state index in [0.717, 1.165) is 5.56 Å². The van der Waals surface area contributed by atoms with Crippen molar-refractivity contribution in [1.29, 1.82) is 0 Å². The molecule has 1 unspecified atom stereocenters. The fourth-order valence-electron chi connectivity index (χ4n) is 1.33. The van der Waals surface area contributed by atoms with E-state index >= 15 is 0 Å². The first-order valence-corrected chi connectivity index (χ1v) is 5.84. The predicted octanol–water partition coefficient (Wildman–Crippen LogP) is 1.40. The average molecular weight is 267 g/mol. The molecule has 1 rings (SSSR count). The summed E-state index contributed by atoms with van der Waals surface area (Å²) in [6.07, 6.45) is -0.560. The van der Waals surface area contributed by atoms with Crippen molar-refractivity contribution in [2.75, 3.05) is 13.2 Å². The number of hydrogen-bond donors (Lipinski definition) is 2. The summed E-state index contributed by atoms with van der Waals surface area (Å²) in [7, 11) is 0. The van der Waals surface area contributed by atoms with Crippen molar-refractivity contribution in [3.05, 3.63) is 35.9 Å². The van der Waals surface area contributed by atoms with Gasteiger partial charge in [0.05, 0.1) is 12.6 Å². The first-order valence-electron chi connectivity index (χ1n) is 5.84. The van der Waals surface area contributed by atoms with Gasteiger partial charge in [-0.2, -0.15) is 0 Å². The maximum Gasteiger partial charge on any atom is 0.407 e. The normalized spacial score (nSPS) is 11.6. The lowest BCUT2D eigenvalue weighted by atomic mass is 10.2. The fourth-order valence-corrected chi connectivity index (χ4v) is 1.33. The van der Waals surface area contributed by atoms with Gasteiger partial charge >= 0.3 is 12.1 Å². The summed E-state index contributed by atoms with van der Waals surface area (Å²) in [5.41, 5.74) is 0.896. The standard InChI is InChI=1S/C13H17NO5/c1-10(7-18-9-12(15)16)14-13(17)19-8-11-5-3-2-4-6-11/h2-6,10H,7-9H2,1H3,(H,14,17)(H,15,16). The Hall–Kier alpha value is -2.08. The molecular formula is C13H17NO5. The summed E-state index contributed by atoms with van der Waals surface area (Å²) in [5.74, 6) is -1.04. The Morgan fingerprint density at radius 1 is 1.32 bits per heavy atom. The molecule has 0 aliphatic heterocycles. The lowest BCUT2D eigenvalue weighted by Gasteiger charge is -2.13. The molecule has 1 aromatic carbocycles. The molecule has 0 saturated heterocycles. The van der Waals surface area contributed by atoms with Crippen LogP contribution in [-0.2, 0) is 20.9 Å². The highest BCUT2D eigenvalue weighted by Crippen LogP contribution is 2.00. The van der Waals surface area contributed by atoms with Crippen molar-refractivity contribution in [3.63, 3.8) is 0 Å². The molecule has 2 N–H and O–H groups in total. The number of amides is 1. The molecule has 104 valence electrons. The van der Waals surface area contributed by atoms with Crippen molar-refractivity contribution in [1.82, 2.24) is 5.32 Å². The fraction of sp³-hybridized carbons (Fsp3) is 0.385. The minimum absolute atomic E-state index is 0.118. The van der Waals surface area contributed by atoms with Crippen LogP contribution in [0.3, 0.4) is 0 Å². The molecule has 0 aliphatic rings. The molecule has 6 heteroatoms. The van der Waals surface area contributed by atoms with Gasteiger partial charge in [0.1, 0.15) is 13.2 Å². The average Bonchev–Trinajstić information content (AvgIpc) is 2.37. The second kappa shape index (κ2) is 8.10. The third-order valence-electron chi connectivity index (χ3n) is 2.17. The maximum absolute atomic E-state index is 11.4. The van der Waals surface area contributed by atoms with Crippen LogP contribution in [0.25, 0.3) is 0 Å². The lowest BCUT2D eigenvalue weighted by Crippen LogP contribution is -2.36. The maximum atomic E-state index is 11.4. The van der Waals surface area contributed by atoms with Crippen LogP contribution < -0.4 is 5.32 Å². The number of ether oxygens (including phenoxy) is 2. The van der Waals surface area contributed by atoms with Crippen LogP contribution in [0.5, 0.6) is 0 Å². The highest BCUT2D eigenvalue weighted by Gasteiger charge is 2.09. The van der Waals surface area contributed by atoms with Gasteiger partial charge in [0, 0.05) is 0 Å². The highest BCUT2D eigenvalue weighted by molar-refractivity contribution is 5.68. The van der Waals surface area contributed by atoms with E-state index in [1.165, 1.54) is 0 Å². The topological polar surface area (TPSA) is 84.9 Å². The molecule has 1 amide bonds. The molecule has 0 fully saturated rings.